The van der Waals surface area contributed by atoms with E-state index in [1.165, 1.54) is 25.3 Å². The number of carbonyl (C=O) groups is 1. The highest BCUT2D eigenvalue weighted by Gasteiger charge is 2.14. The van der Waals surface area contributed by atoms with Gasteiger partial charge in [0.15, 0.2) is 0 Å². The SMILES string of the molecule is COCC(C)NC(=O)c1cc(S)ccc1F. The lowest BCUT2D eigenvalue weighted by atomic mass is 10.2. The fourth-order valence-electron chi connectivity index (χ4n) is 1.28. The van der Waals surface area contributed by atoms with Crippen LogP contribution in [0.2, 0.25) is 0 Å². The fourth-order valence-corrected chi connectivity index (χ4v) is 1.48. The molecular formula is C11H14FNO2S. The number of thiol groups is 1. The minimum atomic E-state index is -0.556. The van der Waals surface area contributed by atoms with Gasteiger partial charge in [-0.25, -0.2) is 4.39 Å². The van der Waals surface area contributed by atoms with Crippen LogP contribution in [0.1, 0.15) is 17.3 Å². The lowest BCUT2D eigenvalue weighted by Crippen LogP contribution is -2.36. The highest BCUT2D eigenvalue weighted by atomic mass is 32.1. The molecule has 0 bridgehead atoms. The van der Waals surface area contributed by atoms with E-state index >= 15 is 0 Å². The monoisotopic (exact) mass is 243 g/mol. The summed E-state index contributed by atoms with van der Waals surface area (Å²) in [6.45, 7) is 2.16. The smallest absolute Gasteiger partial charge is 0.254 e. The molecule has 0 heterocycles. The molecule has 0 aromatic heterocycles. The summed E-state index contributed by atoms with van der Waals surface area (Å²) >= 11 is 4.06. The third-order valence-electron chi connectivity index (χ3n) is 1.99. The lowest BCUT2D eigenvalue weighted by Gasteiger charge is -2.13. The van der Waals surface area contributed by atoms with E-state index in [-0.39, 0.29) is 11.6 Å². The van der Waals surface area contributed by atoms with Crippen LogP contribution in [0.5, 0.6) is 0 Å². The number of amides is 1. The Morgan fingerprint density at radius 2 is 2.31 bits per heavy atom. The first-order valence-electron chi connectivity index (χ1n) is 4.83. The Kier molecular flexibility index (Phi) is 4.76. The van der Waals surface area contributed by atoms with Gasteiger partial charge >= 0.3 is 0 Å². The molecule has 0 radical (unpaired) electrons. The second-order valence-corrected chi connectivity index (χ2v) is 4.01. The van der Waals surface area contributed by atoms with Crippen molar-refractivity contribution < 1.29 is 13.9 Å². The van der Waals surface area contributed by atoms with E-state index in [1.54, 1.807) is 6.92 Å². The molecule has 1 aromatic carbocycles. The van der Waals surface area contributed by atoms with Crippen LogP contribution >= 0.6 is 12.6 Å². The largest absolute Gasteiger partial charge is 0.383 e. The summed E-state index contributed by atoms with van der Waals surface area (Å²) in [5.74, 6) is -1.02. The van der Waals surface area contributed by atoms with Gasteiger partial charge in [-0.15, -0.1) is 12.6 Å². The predicted octanol–water partition coefficient (Wildman–Crippen LogP) is 1.88. The maximum atomic E-state index is 13.3. The van der Waals surface area contributed by atoms with Crippen LogP contribution in [0, 0.1) is 5.82 Å². The van der Waals surface area contributed by atoms with Crippen molar-refractivity contribution in [1.82, 2.24) is 5.32 Å². The van der Waals surface area contributed by atoms with Crippen molar-refractivity contribution in [2.75, 3.05) is 13.7 Å². The normalized spacial score (nSPS) is 12.2. The van der Waals surface area contributed by atoms with Crippen LogP contribution < -0.4 is 5.32 Å². The van der Waals surface area contributed by atoms with Gasteiger partial charge in [-0.2, -0.15) is 0 Å². The summed E-state index contributed by atoms with van der Waals surface area (Å²) < 4.78 is 18.2. The third kappa shape index (κ3) is 3.50. The fraction of sp³-hybridized carbons (Fsp3) is 0.364. The van der Waals surface area contributed by atoms with Gasteiger partial charge in [0.25, 0.3) is 5.91 Å². The molecule has 16 heavy (non-hydrogen) atoms. The highest BCUT2D eigenvalue weighted by molar-refractivity contribution is 7.80. The van der Waals surface area contributed by atoms with E-state index in [2.05, 4.69) is 17.9 Å². The number of carbonyl (C=O) groups excluding carboxylic acids is 1. The summed E-state index contributed by atoms with van der Waals surface area (Å²) in [5, 5.41) is 2.63. The first-order chi connectivity index (χ1) is 7.54. The summed E-state index contributed by atoms with van der Waals surface area (Å²) in [6.07, 6.45) is 0. The van der Waals surface area contributed by atoms with Crippen LogP contribution in [-0.2, 0) is 4.74 Å². The number of hydrogen-bond donors (Lipinski definition) is 2. The van der Waals surface area contributed by atoms with E-state index in [9.17, 15) is 9.18 Å². The summed E-state index contributed by atoms with van der Waals surface area (Å²) in [7, 11) is 1.54. The van der Waals surface area contributed by atoms with Gasteiger partial charge in [0.1, 0.15) is 5.82 Å². The molecule has 1 aromatic rings. The molecule has 88 valence electrons. The van der Waals surface area contributed by atoms with Gasteiger partial charge in [0, 0.05) is 18.0 Å². The first-order valence-corrected chi connectivity index (χ1v) is 5.27. The first kappa shape index (κ1) is 13.0. The maximum Gasteiger partial charge on any atom is 0.254 e. The summed E-state index contributed by atoms with van der Waals surface area (Å²) in [5.41, 5.74) is -0.00421. The van der Waals surface area contributed by atoms with Crippen molar-refractivity contribution in [2.24, 2.45) is 0 Å². The number of methoxy groups -OCH3 is 1. The van der Waals surface area contributed by atoms with Gasteiger partial charge in [0.2, 0.25) is 0 Å². The Hall–Kier alpha value is -1.07. The maximum absolute atomic E-state index is 13.3. The van der Waals surface area contributed by atoms with E-state index in [1.807, 2.05) is 0 Å². The van der Waals surface area contributed by atoms with Crippen molar-refractivity contribution in [1.29, 1.82) is 0 Å². The highest BCUT2D eigenvalue weighted by Crippen LogP contribution is 2.13. The van der Waals surface area contributed by atoms with Crippen LogP contribution in [0.4, 0.5) is 4.39 Å². The zero-order valence-electron chi connectivity index (χ0n) is 9.16. The van der Waals surface area contributed by atoms with E-state index in [0.717, 1.165) is 0 Å². The quantitative estimate of drug-likeness (QED) is 0.792. The molecule has 0 fully saturated rings. The molecule has 0 aliphatic heterocycles. The van der Waals surface area contributed by atoms with Crippen molar-refractivity contribution >= 4 is 18.5 Å². The minimum Gasteiger partial charge on any atom is -0.383 e. The molecule has 0 saturated carbocycles. The number of hydrogen-bond acceptors (Lipinski definition) is 3. The molecule has 1 rings (SSSR count). The molecule has 0 aliphatic rings. The second-order valence-electron chi connectivity index (χ2n) is 3.49. The van der Waals surface area contributed by atoms with Gasteiger partial charge in [0.05, 0.1) is 12.2 Å². The Balaban J connectivity index is 2.76. The Bertz CT molecular complexity index is 384. The second kappa shape index (κ2) is 5.86. The number of benzene rings is 1. The summed E-state index contributed by atoms with van der Waals surface area (Å²) in [4.78, 5) is 12.2. The van der Waals surface area contributed by atoms with Gasteiger partial charge in [-0.3, -0.25) is 4.79 Å². The minimum absolute atomic E-state index is 0.00421. The number of ether oxygens (including phenoxy) is 1. The predicted molar refractivity (Wildman–Crippen MR) is 62.5 cm³/mol. The Morgan fingerprint density at radius 1 is 1.62 bits per heavy atom. The number of rotatable bonds is 4. The van der Waals surface area contributed by atoms with Crippen LogP contribution in [0.15, 0.2) is 23.1 Å². The molecule has 3 nitrogen and oxygen atoms in total. The molecule has 5 heteroatoms. The van der Waals surface area contributed by atoms with E-state index < -0.39 is 11.7 Å². The van der Waals surface area contributed by atoms with Crippen molar-refractivity contribution in [3.05, 3.63) is 29.6 Å². The number of nitrogens with one attached hydrogen (secondary N) is 1. The standard InChI is InChI=1S/C11H14FNO2S/c1-7(6-15-2)13-11(14)9-5-8(16)3-4-10(9)12/h3-5,7,16H,6H2,1-2H3,(H,13,14). The molecule has 0 saturated heterocycles. The van der Waals surface area contributed by atoms with Crippen LogP contribution in [0.3, 0.4) is 0 Å². The summed E-state index contributed by atoms with van der Waals surface area (Å²) in [6, 6.07) is 3.94. The molecule has 0 aliphatic carbocycles. The zero-order valence-corrected chi connectivity index (χ0v) is 10.1. The average molecular weight is 243 g/mol. The van der Waals surface area contributed by atoms with Gasteiger partial charge < -0.3 is 10.1 Å². The third-order valence-corrected chi connectivity index (χ3v) is 2.27. The average Bonchev–Trinajstić information content (AvgIpc) is 2.21. The molecular weight excluding hydrogens is 229 g/mol. The van der Waals surface area contributed by atoms with Gasteiger partial charge in [-0.05, 0) is 25.1 Å². The molecule has 1 unspecified atom stereocenters. The molecule has 1 amide bonds. The van der Waals surface area contributed by atoms with Crippen LogP contribution in [0.25, 0.3) is 0 Å². The Labute approximate surface area is 99.4 Å². The number of halogens is 1. The molecule has 1 N–H and O–H groups in total. The van der Waals surface area contributed by atoms with E-state index in [4.69, 9.17) is 4.74 Å². The molecule has 1 atom stereocenters. The van der Waals surface area contributed by atoms with Crippen LogP contribution in [-0.4, -0.2) is 25.7 Å². The van der Waals surface area contributed by atoms with Gasteiger partial charge in [-0.1, -0.05) is 0 Å². The van der Waals surface area contributed by atoms with Crippen molar-refractivity contribution in [3.8, 4) is 0 Å². The molecule has 0 spiro atoms. The lowest BCUT2D eigenvalue weighted by molar-refractivity contribution is 0.0901. The zero-order chi connectivity index (χ0) is 12.1. The van der Waals surface area contributed by atoms with Crippen molar-refractivity contribution in [3.63, 3.8) is 0 Å². The topological polar surface area (TPSA) is 38.3 Å². The Morgan fingerprint density at radius 3 is 2.94 bits per heavy atom. The van der Waals surface area contributed by atoms with Crippen molar-refractivity contribution in [2.45, 2.75) is 17.9 Å². The van der Waals surface area contributed by atoms with E-state index in [0.29, 0.717) is 11.5 Å².